The molecule has 0 aliphatic rings. The van der Waals surface area contributed by atoms with Crippen LogP contribution in [0.2, 0.25) is 0 Å². The lowest BCUT2D eigenvalue weighted by atomic mass is 10.1. The molecule has 116 valence electrons. The van der Waals surface area contributed by atoms with Crippen LogP contribution in [0.4, 0.5) is 0 Å². The summed E-state index contributed by atoms with van der Waals surface area (Å²) in [5.41, 5.74) is 0. The van der Waals surface area contributed by atoms with Gasteiger partial charge in [-0.05, 0) is 13.3 Å². The molecule has 0 aliphatic carbocycles. The van der Waals surface area contributed by atoms with Gasteiger partial charge in [0.25, 0.3) is 0 Å². The fourth-order valence-electron chi connectivity index (χ4n) is 2.42. The third kappa shape index (κ3) is 14.1. The van der Waals surface area contributed by atoms with E-state index in [0.717, 1.165) is 17.6 Å². The average Bonchev–Trinajstić information content (AvgIpc) is 2.30. The fraction of sp³-hybridized carbons (Fsp3) is 1.00. The van der Waals surface area contributed by atoms with Crippen LogP contribution in [-0.4, -0.2) is 49.7 Å². The molecule has 0 saturated heterocycles. The van der Waals surface area contributed by atoms with Gasteiger partial charge in [-0.3, -0.25) is 0 Å². The molecule has 0 heterocycles. The lowest BCUT2D eigenvalue weighted by Crippen LogP contribution is -2.46. The molecule has 0 radical (unpaired) electrons. The van der Waals surface area contributed by atoms with E-state index < -0.39 is 0 Å². The summed E-state index contributed by atoms with van der Waals surface area (Å²) in [7, 11) is 4.20. The molecule has 0 aromatic heterocycles. The summed E-state index contributed by atoms with van der Waals surface area (Å²) >= 11 is 0. The first-order valence-electron chi connectivity index (χ1n) is 8.06. The quantitative estimate of drug-likeness (QED) is 0.316. The second-order valence-electron chi connectivity index (χ2n) is 6.48. The first kappa shape index (κ1) is 18.9. The van der Waals surface area contributed by atoms with Gasteiger partial charge >= 0.3 is 0 Å². The number of hydrogen-bond donors (Lipinski definition) is 1. The third-order valence-corrected chi connectivity index (χ3v) is 3.34. The second-order valence-corrected chi connectivity index (χ2v) is 6.48. The molecule has 0 bridgehead atoms. The Morgan fingerprint density at radius 3 is 2.00 bits per heavy atom. The van der Waals surface area contributed by atoms with Crippen molar-refractivity contribution >= 4 is 0 Å². The van der Waals surface area contributed by atoms with Gasteiger partial charge in [0.15, 0.2) is 6.73 Å². The summed E-state index contributed by atoms with van der Waals surface area (Å²) in [5.74, 6) is 0. The molecule has 1 atom stereocenters. The summed E-state index contributed by atoms with van der Waals surface area (Å²) in [6, 6.07) is 0. The minimum Gasteiger partial charge on any atom is -0.388 e. The SMILES string of the molecule is CCCCCCCCCCOC[N+](C)(C)CC(C)O. The zero-order chi connectivity index (χ0) is 14.6. The van der Waals surface area contributed by atoms with E-state index in [2.05, 4.69) is 21.0 Å². The molecule has 0 aromatic rings. The molecule has 0 fully saturated rings. The molecule has 0 spiro atoms. The van der Waals surface area contributed by atoms with E-state index in [-0.39, 0.29) is 6.10 Å². The largest absolute Gasteiger partial charge is 0.388 e. The predicted octanol–water partition coefficient (Wildman–Crippen LogP) is 3.56. The van der Waals surface area contributed by atoms with Gasteiger partial charge in [0.1, 0.15) is 12.6 Å². The van der Waals surface area contributed by atoms with Crippen LogP contribution in [-0.2, 0) is 4.74 Å². The van der Waals surface area contributed by atoms with Crippen LogP contribution in [0.3, 0.4) is 0 Å². The molecule has 0 aliphatic heterocycles. The van der Waals surface area contributed by atoms with E-state index in [1.807, 2.05) is 6.92 Å². The number of aliphatic hydroxyl groups is 1. The number of likely N-dealkylation sites (N-methyl/N-ethyl adjacent to an activating group) is 1. The van der Waals surface area contributed by atoms with Crippen molar-refractivity contribution < 1.29 is 14.3 Å². The Morgan fingerprint density at radius 2 is 1.47 bits per heavy atom. The van der Waals surface area contributed by atoms with Gasteiger partial charge in [0, 0.05) is 0 Å². The number of ether oxygens (including phenoxy) is 1. The van der Waals surface area contributed by atoms with Gasteiger partial charge < -0.3 is 14.3 Å². The Bertz CT molecular complexity index is 193. The number of rotatable bonds is 13. The van der Waals surface area contributed by atoms with Gasteiger partial charge in [-0.2, -0.15) is 0 Å². The van der Waals surface area contributed by atoms with Crippen molar-refractivity contribution in [3.8, 4) is 0 Å². The molecule has 0 amide bonds. The molecule has 0 saturated carbocycles. The fourth-order valence-corrected chi connectivity index (χ4v) is 2.42. The van der Waals surface area contributed by atoms with Crippen LogP contribution in [0.1, 0.15) is 65.2 Å². The maximum atomic E-state index is 9.38. The topological polar surface area (TPSA) is 29.5 Å². The lowest BCUT2D eigenvalue weighted by molar-refractivity contribution is -0.912. The summed E-state index contributed by atoms with van der Waals surface area (Å²) in [6.07, 6.45) is 10.4. The monoisotopic (exact) mass is 274 g/mol. The summed E-state index contributed by atoms with van der Waals surface area (Å²) in [6.45, 7) is 6.39. The molecule has 3 heteroatoms. The van der Waals surface area contributed by atoms with Crippen LogP contribution < -0.4 is 0 Å². The molecule has 0 rings (SSSR count). The van der Waals surface area contributed by atoms with E-state index >= 15 is 0 Å². The van der Waals surface area contributed by atoms with Crippen molar-refractivity contribution in [3.63, 3.8) is 0 Å². The van der Waals surface area contributed by atoms with Crippen LogP contribution in [0.15, 0.2) is 0 Å². The van der Waals surface area contributed by atoms with Gasteiger partial charge in [0.05, 0.1) is 20.7 Å². The standard InChI is InChI=1S/C16H36NO2/c1-5-6-7-8-9-10-11-12-13-19-15-17(3,4)14-16(2)18/h16,18H,5-15H2,1-4H3/q+1. The molecule has 19 heavy (non-hydrogen) atoms. The summed E-state index contributed by atoms with van der Waals surface area (Å²) < 4.78 is 6.44. The number of nitrogens with zero attached hydrogens (tertiary/aromatic N) is 1. The molecular formula is C16H36NO2+. The van der Waals surface area contributed by atoms with Crippen molar-refractivity contribution in [2.45, 2.75) is 71.3 Å². The van der Waals surface area contributed by atoms with Crippen molar-refractivity contribution in [1.29, 1.82) is 0 Å². The van der Waals surface area contributed by atoms with E-state index in [1.165, 1.54) is 51.4 Å². The highest BCUT2D eigenvalue weighted by Crippen LogP contribution is 2.08. The first-order valence-corrected chi connectivity index (χ1v) is 8.06. The Balaban J connectivity index is 3.26. The predicted molar refractivity (Wildman–Crippen MR) is 82.1 cm³/mol. The van der Waals surface area contributed by atoms with E-state index in [9.17, 15) is 5.11 Å². The summed E-state index contributed by atoms with van der Waals surface area (Å²) in [5, 5.41) is 9.38. The average molecular weight is 274 g/mol. The van der Waals surface area contributed by atoms with Crippen molar-refractivity contribution in [2.24, 2.45) is 0 Å². The molecule has 3 nitrogen and oxygen atoms in total. The molecule has 1 N–H and O–H groups in total. The third-order valence-electron chi connectivity index (χ3n) is 3.34. The van der Waals surface area contributed by atoms with Crippen LogP contribution in [0, 0.1) is 0 Å². The zero-order valence-electron chi connectivity index (χ0n) is 13.7. The Morgan fingerprint density at radius 1 is 0.947 bits per heavy atom. The highest BCUT2D eigenvalue weighted by Gasteiger charge is 2.17. The Kier molecular flexibility index (Phi) is 11.6. The van der Waals surface area contributed by atoms with Crippen LogP contribution in [0.5, 0.6) is 0 Å². The van der Waals surface area contributed by atoms with Gasteiger partial charge in [-0.15, -0.1) is 0 Å². The molecule has 1 unspecified atom stereocenters. The molecular weight excluding hydrogens is 238 g/mol. The Hall–Kier alpha value is -0.120. The van der Waals surface area contributed by atoms with Gasteiger partial charge in [0.2, 0.25) is 0 Å². The van der Waals surface area contributed by atoms with Gasteiger partial charge in [-0.25, -0.2) is 0 Å². The maximum Gasteiger partial charge on any atom is 0.182 e. The number of aliphatic hydroxyl groups excluding tert-OH is 1. The van der Waals surface area contributed by atoms with E-state index in [0.29, 0.717) is 6.73 Å². The number of hydrogen-bond acceptors (Lipinski definition) is 2. The van der Waals surface area contributed by atoms with Gasteiger partial charge in [-0.1, -0.05) is 51.9 Å². The first-order chi connectivity index (χ1) is 8.98. The molecule has 0 aromatic carbocycles. The second kappa shape index (κ2) is 11.7. The highest BCUT2D eigenvalue weighted by molar-refractivity contribution is 4.46. The number of quaternary nitrogens is 1. The van der Waals surface area contributed by atoms with Crippen LogP contribution >= 0.6 is 0 Å². The van der Waals surface area contributed by atoms with Crippen molar-refractivity contribution in [2.75, 3.05) is 34.0 Å². The summed E-state index contributed by atoms with van der Waals surface area (Å²) in [4.78, 5) is 0. The smallest absolute Gasteiger partial charge is 0.182 e. The zero-order valence-corrected chi connectivity index (χ0v) is 13.7. The maximum absolute atomic E-state index is 9.38. The minimum atomic E-state index is -0.262. The van der Waals surface area contributed by atoms with Crippen LogP contribution in [0.25, 0.3) is 0 Å². The minimum absolute atomic E-state index is 0.262. The van der Waals surface area contributed by atoms with Crippen molar-refractivity contribution in [1.82, 2.24) is 0 Å². The lowest BCUT2D eigenvalue weighted by Gasteiger charge is -2.30. The van der Waals surface area contributed by atoms with E-state index in [4.69, 9.17) is 4.74 Å². The van der Waals surface area contributed by atoms with E-state index in [1.54, 1.807) is 0 Å². The highest BCUT2D eigenvalue weighted by atomic mass is 16.5. The normalized spacial score (nSPS) is 13.7. The Labute approximate surface area is 120 Å². The number of unbranched alkanes of at least 4 members (excludes halogenated alkanes) is 7. The van der Waals surface area contributed by atoms with Crippen molar-refractivity contribution in [3.05, 3.63) is 0 Å².